The van der Waals surface area contributed by atoms with Crippen molar-refractivity contribution in [3.05, 3.63) is 89.4 Å². The van der Waals surface area contributed by atoms with Gasteiger partial charge in [0.15, 0.2) is 0 Å². The lowest BCUT2D eigenvalue weighted by molar-refractivity contribution is -0.133. The minimum absolute atomic E-state index is 0.354. The number of carbonyl (C=O) groups excluding carboxylic acids is 3. The van der Waals surface area contributed by atoms with Crippen LogP contribution in [0.4, 0.5) is 10.5 Å². The largest absolute Gasteiger partial charge is 0.457 e. The molecule has 1 saturated heterocycles. The second kappa shape index (κ2) is 8.72. The van der Waals surface area contributed by atoms with E-state index in [4.69, 9.17) is 16.3 Å². The quantitative estimate of drug-likeness (QED) is 0.541. The molecule has 1 fully saturated rings. The van der Waals surface area contributed by atoms with Gasteiger partial charge in [0.2, 0.25) is 5.91 Å². The number of hydrogen-bond donors (Lipinski definition) is 2. The molecule has 1 aliphatic heterocycles. The molecular weight excluding hydrogens is 430 g/mol. The molecule has 0 spiro atoms. The smallest absolute Gasteiger partial charge is 0.325 e. The van der Waals surface area contributed by atoms with Crippen molar-refractivity contribution in [2.75, 3.05) is 11.9 Å². The van der Waals surface area contributed by atoms with Crippen LogP contribution in [0.15, 0.2) is 78.9 Å². The van der Waals surface area contributed by atoms with Crippen LogP contribution >= 0.6 is 11.6 Å². The lowest BCUT2D eigenvalue weighted by Gasteiger charge is -2.23. The summed E-state index contributed by atoms with van der Waals surface area (Å²) in [4.78, 5) is 38.8. The highest BCUT2D eigenvalue weighted by atomic mass is 35.5. The number of rotatable bonds is 6. The van der Waals surface area contributed by atoms with E-state index in [0.717, 1.165) is 4.90 Å². The van der Waals surface area contributed by atoms with Gasteiger partial charge in [-0.25, -0.2) is 4.79 Å². The SMILES string of the molecule is CC1(c2ccccc2Cl)NC(=O)N(CC(=O)Nc2ccc(Oc3ccccc3)cc2)C1=O. The van der Waals surface area contributed by atoms with E-state index in [0.29, 0.717) is 27.8 Å². The highest BCUT2D eigenvalue weighted by Gasteiger charge is 2.50. The van der Waals surface area contributed by atoms with Crippen LogP contribution < -0.4 is 15.4 Å². The summed E-state index contributed by atoms with van der Waals surface area (Å²) < 4.78 is 5.72. The Bertz CT molecular complexity index is 1170. The Morgan fingerprint density at radius 1 is 0.969 bits per heavy atom. The summed E-state index contributed by atoms with van der Waals surface area (Å²) >= 11 is 6.22. The van der Waals surface area contributed by atoms with Crippen molar-refractivity contribution in [3.8, 4) is 11.5 Å². The van der Waals surface area contributed by atoms with Crippen molar-refractivity contribution < 1.29 is 19.1 Å². The van der Waals surface area contributed by atoms with Crippen LogP contribution in [0.3, 0.4) is 0 Å². The molecule has 3 aromatic carbocycles. The van der Waals surface area contributed by atoms with Crippen LogP contribution in [0.1, 0.15) is 12.5 Å². The van der Waals surface area contributed by atoms with Crippen molar-refractivity contribution in [2.24, 2.45) is 0 Å². The number of carbonyl (C=O) groups is 3. The molecule has 3 aromatic rings. The first kappa shape index (κ1) is 21.4. The number of amides is 4. The van der Waals surface area contributed by atoms with Gasteiger partial charge < -0.3 is 15.4 Å². The number of halogens is 1. The van der Waals surface area contributed by atoms with E-state index >= 15 is 0 Å². The Morgan fingerprint density at radius 2 is 1.59 bits per heavy atom. The molecule has 162 valence electrons. The van der Waals surface area contributed by atoms with Gasteiger partial charge in [0, 0.05) is 16.3 Å². The molecule has 0 aromatic heterocycles. The van der Waals surface area contributed by atoms with Crippen LogP contribution in [0, 0.1) is 0 Å². The minimum Gasteiger partial charge on any atom is -0.457 e. The van der Waals surface area contributed by atoms with Crippen LogP contribution in [-0.2, 0) is 15.1 Å². The van der Waals surface area contributed by atoms with Gasteiger partial charge >= 0.3 is 6.03 Å². The van der Waals surface area contributed by atoms with Gasteiger partial charge in [-0.3, -0.25) is 14.5 Å². The third kappa shape index (κ3) is 4.29. The van der Waals surface area contributed by atoms with Crippen molar-refractivity contribution >= 4 is 35.1 Å². The van der Waals surface area contributed by atoms with Gasteiger partial charge in [-0.2, -0.15) is 0 Å². The number of hydrogen-bond acceptors (Lipinski definition) is 4. The van der Waals surface area contributed by atoms with E-state index in [-0.39, 0.29) is 0 Å². The van der Waals surface area contributed by atoms with Gasteiger partial charge in [-0.05, 0) is 49.4 Å². The lowest BCUT2D eigenvalue weighted by Crippen LogP contribution is -2.42. The highest BCUT2D eigenvalue weighted by Crippen LogP contribution is 2.33. The molecule has 32 heavy (non-hydrogen) atoms. The summed E-state index contributed by atoms with van der Waals surface area (Å²) in [5.41, 5.74) is -0.361. The number of ether oxygens (including phenoxy) is 1. The number of imide groups is 1. The second-order valence-corrected chi connectivity index (χ2v) is 7.82. The number of urea groups is 1. The predicted octanol–water partition coefficient (Wildman–Crippen LogP) is 4.54. The summed E-state index contributed by atoms with van der Waals surface area (Å²) in [6.07, 6.45) is 0. The summed E-state index contributed by atoms with van der Waals surface area (Å²) in [5.74, 6) is 0.259. The van der Waals surface area contributed by atoms with Crippen LogP contribution in [0.5, 0.6) is 11.5 Å². The van der Waals surface area contributed by atoms with Crippen LogP contribution in [0.25, 0.3) is 0 Å². The molecule has 1 aliphatic rings. The zero-order chi connectivity index (χ0) is 22.7. The first-order valence-electron chi connectivity index (χ1n) is 9.89. The molecular formula is C24H20ClN3O4. The molecule has 0 radical (unpaired) electrons. The topological polar surface area (TPSA) is 87.7 Å². The summed E-state index contributed by atoms with van der Waals surface area (Å²) in [6.45, 7) is 1.14. The van der Waals surface area contributed by atoms with Crippen molar-refractivity contribution in [2.45, 2.75) is 12.5 Å². The number of nitrogens with zero attached hydrogens (tertiary/aromatic N) is 1. The maximum Gasteiger partial charge on any atom is 0.325 e. The van der Waals surface area contributed by atoms with E-state index < -0.39 is 29.9 Å². The Balaban J connectivity index is 1.40. The second-order valence-electron chi connectivity index (χ2n) is 7.41. The van der Waals surface area contributed by atoms with Crippen LogP contribution in [0.2, 0.25) is 5.02 Å². The maximum atomic E-state index is 13.0. The zero-order valence-electron chi connectivity index (χ0n) is 17.2. The normalized spacial score (nSPS) is 17.8. The lowest BCUT2D eigenvalue weighted by atomic mass is 9.92. The monoisotopic (exact) mass is 449 g/mol. The number of nitrogens with one attached hydrogen (secondary N) is 2. The molecule has 0 saturated carbocycles. The fraction of sp³-hybridized carbons (Fsp3) is 0.125. The molecule has 0 bridgehead atoms. The Hall–Kier alpha value is -3.84. The van der Waals surface area contributed by atoms with Gasteiger partial charge in [0.25, 0.3) is 5.91 Å². The third-order valence-electron chi connectivity index (χ3n) is 5.11. The van der Waals surface area contributed by atoms with E-state index in [1.807, 2.05) is 30.3 Å². The maximum absolute atomic E-state index is 13.0. The highest BCUT2D eigenvalue weighted by molar-refractivity contribution is 6.32. The number of benzene rings is 3. The van der Waals surface area contributed by atoms with Crippen molar-refractivity contribution in [1.29, 1.82) is 0 Å². The summed E-state index contributed by atoms with van der Waals surface area (Å²) in [7, 11) is 0. The van der Waals surface area contributed by atoms with E-state index in [1.54, 1.807) is 55.5 Å². The molecule has 4 amide bonds. The standard InChI is InChI=1S/C24H20ClN3O4/c1-24(19-9-5-6-10-20(19)25)22(30)28(23(31)27-24)15-21(29)26-16-11-13-18(14-12-16)32-17-7-3-2-4-8-17/h2-14H,15H2,1H3,(H,26,29)(H,27,31). The van der Waals surface area contributed by atoms with E-state index in [1.165, 1.54) is 0 Å². The fourth-order valence-electron chi connectivity index (χ4n) is 3.46. The molecule has 2 N–H and O–H groups in total. The summed E-state index contributed by atoms with van der Waals surface area (Å²) in [6, 6.07) is 22.2. The predicted molar refractivity (Wildman–Crippen MR) is 121 cm³/mol. The number of para-hydroxylation sites is 1. The van der Waals surface area contributed by atoms with E-state index in [9.17, 15) is 14.4 Å². The van der Waals surface area contributed by atoms with E-state index in [2.05, 4.69) is 10.6 Å². The van der Waals surface area contributed by atoms with Gasteiger partial charge in [-0.1, -0.05) is 48.0 Å². The Kier molecular flexibility index (Phi) is 5.83. The Morgan fingerprint density at radius 3 is 2.28 bits per heavy atom. The molecule has 4 rings (SSSR count). The average molecular weight is 450 g/mol. The Labute approximate surface area is 189 Å². The number of anilines is 1. The zero-order valence-corrected chi connectivity index (χ0v) is 17.9. The summed E-state index contributed by atoms with van der Waals surface area (Å²) in [5, 5.41) is 5.68. The molecule has 1 atom stereocenters. The van der Waals surface area contributed by atoms with Gasteiger partial charge in [-0.15, -0.1) is 0 Å². The molecule has 8 heteroatoms. The first-order chi connectivity index (χ1) is 15.4. The van der Waals surface area contributed by atoms with Gasteiger partial charge in [0.05, 0.1) is 0 Å². The fourth-order valence-corrected chi connectivity index (χ4v) is 3.79. The first-order valence-corrected chi connectivity index (χ1v) is 10.3. The van der Waals surface area contributed by atoms with Gasteiger partial charge in [0.1, 0.15) is 23.6 Å². The minimum atomic E-state index is -1.34. The molecule has 0 aliphatic carbocycles. The molecule has 1 unspecified atom stereocenters. The molecule has 1 heterocycles. The van der Waals surface area contributed by atoms with Crippen LogP contribution in [-0.4, -0.2) is 29.3 Å². The van der Waals surface area contributed by atoms with Crippen molar-refractivity contribution in [1.82, 2.24) is 10.2 Å². The third-order valence-corrected chi connectivity index (χ3v) is 5.44. The average Bonchev–Trinajstić information content (AvgIpc) is 3.00. The van der Waals surface area contributed by atoms with Crippen molar-refractivity contribution in [3.63, 3.8) is 0 Å². The molecule has 7 nitrogen and oxygen atoms in total.